The van der Waals surface area contributed by atoms with Crippen LogP contribution in [0.3, 0.4) is 0 Å². The van der Waals surface area contributed by atoms with Crippen molar-refractivity contribution in [2.45, 2.75) is 31.7 Å². The fraction of sp³-hybridized carbons (Fsp3) is 0.538. The smallest absolute Gasteiger partial charge is 0.242 e. The maximum Gasteiger partial charge on any atom is 0.242 e. The molecule has 1 rings (SSSR count). The van der Waals surface area contributed by atoms with E-state index in [-0.39, 0.29) is 16.0 Å². The number of nitrogens with zero attached hydrogens (tertiary/aromatic N) is 1. The predicted molar refractivity (Wildman–Crippen MR) is 83.4 cm³/mol. The van der Waals surface area contributed by atoms with E-state index in [1.807, 2.05) is 20.8 Å². The topological polar surface area (TPSA) is 75.4 Å². The van der Waals surface area contributed by atoms with Crippen LogP contribution in [-0.4, -0.2) is 39.0 Å². The molecule has 0 spiro atoms. The number of likely N-dealkylation sites (N-methyl/N-ethyl adjacent to an activating group) is 1. The third-order valence-electron chi connectivity index (χ3n) is 3.03. The molecule has 114 valence electrons. The van der Waals surface area contributed by atoms with Crippen molar-refractivity contribution in [3.05, 3.63) is 23.2 Å². The Hall–Kier alpha value is -0.820. The number of nitrogens with one attached hydrogen (secondary N) is 1. The summed E-state index contributed by atoms with van der Waals surface area (Å²) in [6.45, 7) is 8.31. The number of halogens is 1. The number of rotatable bonds is 7. The average Bonchev–Trinajstić information content (AvgIpc) is 2.38. The average molecular weight is 320 g/mol. The number of benzene rings is 1. The summed E-state index contributed by atoms with van der Waals surface area (Å²) in [5.41, 5.74) is 5.99. The van der Waals surface area contributed by atoms with Crippen molar-refractivity contribution in [2.24, 2.45) is 0 Å². The molecule has 0 aromatic heterocycles. The van der Waals surface area contributed by atoms with E-state index in [9.17, 15) is 8.42 Å². The molecule has 0 saturated carbocycles. The predicted octanol–water partition coefficient (Wildman–Crippen LogP) is 1.93. The van der Waals surface area contributed by atoms with Gasteiger partial charge in [0.05, 0.1) is 5.02 Å². The Morgan fingerprint density at radius 3 is 2.50 bits per heavy atom. The summed E-state index contributed by atoms with van der Waals surface area (Å²) in [5.74, 6) is 0. The van der Waals surface area contributed by atoms with Gasteiger partial charge in [0.25, 0.3) is 0 Å². The summed E-state index contributed by atoms with van der Waals surface area (Å²) in [4.78, 5) is 2.17. The van der Waals surface area contributed by atoms with Crippen LogP contribution in [-0.2, 0) is 10.0 Å². The molecule has 0 fully saturated rings. The zero-order valence-corrected chi connectivity index (χ0v) is 13.6. The minimum atomic E-state index is -3.66. The number of hydrogen-bond donors (Lipinski definition) is 2. The monoisotopic (exact) mass is 319 g/mol. The highest BCUT2D eigenvalue weighted by Crippen LogP contribution is 2.23. The summed E-state index contributed by atoms with van der Waals surface area (Å²) < 4.78 is 27.2. The van der Waals surface area contributed by atoms with E-state index in [1.54, 1.807) is 6.07 Å². The van der Waals surface area contributed by atoms with Gasteiger partial charge in [-0.05, 0) is 38.2 Å². The van der Waals surface area contributed by atoms with E-state index in [4.69, 9.17) is 17.3 Å². The van der Waals surface area contributed by atoms with E-state index in [0.717, 1.165) is 13.1 Å². The Balaban J connectivity index is 2.87. The number of hydrogen-bond acceptors (Lipinski definition) is 4. The normalized spacial score (nSPS) is 13.7. The van der Waals surface area contributed by atoms with Gasteiger partial charge in [-0.15, -0.1) is 0 Å². The van der Waals surface area contributed by atoms with Crippen LogP contribution in [0.1, 0.15) is 20.8 Å². The van der Waals surface area contributed by atoms with Crippen LogP contribution < -0.4 is 10.5 Å². The first-order valence-electron chi connectivity index (χ1n) is 6.59. The van der Waals surface area contributed by atoms with Crippen molar-refractivity contribution in [3.8, 4) is 0 Å². The van der Waals surface area contributed by atoms with Crippen molar-refractivity contribution in [1.29, 1.82) is 0 Å². The molecule has 1 aromatic carbocycles. The van der Waals surface area contributed by atoms with E-state index >= 15 is 0 Å². The van der Waals surface area contributed by atoms with Crippen molar-refractivity contribution in [2.75, 3.05) is 25.4 Å². The minimum absolute atomic E-state index is 0.0190. The third-order valence-corrected chi connectivity index (χ3v) is 5.10. The molecule has 0 aliphatic heterocycles. The molecule has 1 aromatic rings. The van der Waals surface area contributed by atoms with Crippen LogP contribution in [0.15, 0.2) is 23.1 Å². The second-order valence-electron chi connectivity index (χ2n) is 4.70. The number of nitrogen functional groups attached to an aromatic ring is 1. The molecule has 0 radical (unpaired) electrons. The van der Waals surface area contributed by atoms with Crippen LogP contribution >= 0.6 is 11.6 Å². The van der Waals surface area contributed by atoms with Crippen molar-refractivity contribution >= 4 is 27.3 Å². The third kappa shape index (κ3) is 4.63. The highest BCUT2D eigenvalue weighted by Gasteiger charge is 2.21. The quantitative estimate of drug-likeness (QED) is 0.753. The number of anilines is 1. The molecule has 0 heterocycles. The highest BCUT2D eigenvalue weighted by molar-refractivity contribution is 7.89. The first-order valence-corrected chi connectivity index (χ1v) is 8.46. The van der Waals surface area contributed by atoms with Gasteiger partial charge in [0, 0.05) is 18.3 Å². The molecule has 0 amide bonds. The Bertz CT molecular complexity index is 545. The molecule has 0 saturated heterocycles. The first-order chi connectivity index (χ1) is 9.30. The number of sulfonamides is 1. The van der Waals surface area contributed by atoms with Gasteiger partial charge in [0.15, 0.2) is 0 Å². The van der Waals surface area contributed by atoms with Crippen LogP contribution in [0.2, 0.25) is 5.02 Å². The summed E-state index contributed by atoms with van der Waals surface area (Å²) in [5, 5.41) is 0.168. The van der Waals surface area contributed by atoms with Crippen molar-refractivity contribution in [3.63, 3.8) is 0 Å². The minimum Gasteiger partial charge on any atom is -0.399 e. The lowest BCUT2D eigenvalue weighted by atomic mass is 10.3. The lowest BCUT2D eigenvalue weighted by molar-refractivity contribution is 0.282. The molecular formula is C13H22ClN3O2S. The van der Waals surface area contributed by atoms with Gasteiger partial charge in [-0.3, -0.25) is 0 Å². The van der Waals surface area contributed by atoms with E-state index in [0.29, 0.717) is 12.2 Å². The van der Waals surface area contributed by atoms with Gasteiger partial charge in [0.1, 0.15) is 4.90 Å². The Kier molecular flexibility index (Phi) is 6.26. The van der Waals surface area contributed by atoms with Crippen molar-refractivity contribution in [1.82, 2.24) is 9.62 Å². The number of nitrogens with two attached hydrogens (primary N) is 1. The molecule has 3 N–H and O–H groups in total. The molecule has 1 atom stereocenters. The first kappa shape index (κ1) is 17.2. The lowest BCUT2D eigenvalue weighted by Crippen LogP contribution is -2.41. The summed E-state index contributed by atoms with van der Waals surface area (Å²) in [6.07, 6.45) is 0. The molecular weight excluding hydrogens is 298 g/mol. The maximum atomic E-state index is 12.3. The van der Waals surface area contributed by atoms with Crippen LogP contribution in [0.5, 0.6) is 0 Å². The van der Waals surface area contributed by atoms with Crippen LogP contribution in [0.25, 0.3) is 0 Å². The van der Waals surface area contributed by atoms with Crippen LogP contribution in [0, 0.1) is 0 Å². The fourth-order valence-corrected chi connectivity index (χ4v) is 3.73. The summed E-state index contributed by atoms with van der Waals surface area (Å²) in [6, 6.07) is 4.22. The Morgan fingerprint density at radius 1 is 1.35 bits per heavy atom. The Labute approximate surface area is 126 Å². The molecule has 1 unspecified atom stereocenters. The zero-order chi connectivity index (χ0) is 15.3. The maximum absolute atomic E-state index is 12.3. The second kappa shape index (κ2) is 7.26. The molecule has 0 aliphatic rings. The lowest BCUT2D eigenvalue weighted by Gasteiger charge is -2.23. The summed E-state index contributed by atoms with van der Waals surface area (Å²) >= 11 is 5.94. The zero-order valence-electron chi connectivity index (χ0n) is 12.1. The Morgan fingerprint density at radius 2 is 1.95 bits per heavy atom. The molecule has 0 aliphatic carbocycles. The molecule has 0 bridgehead atoms. The van der Waals surface area contributed by atoms with Gasteiger partial charge in [0.2, 0.25) is 10.0 Å². The largest absolute Gasteiger partial charge is 0.399 e. The van der Waals surface area contributed by atoms with E-state index < -0.39 is 10.0 Å². The van der Waals surface area contributed by atoms with Gasteiger partial charge in [-0.1, -0.05) is 25.4 Å². The van der Waals surface area contributed by atoms with E-state index in [2.05, 4.69) is 9.62 Å². The molecule has 7 heteroatoms. The highest BCUT2D eigenvalue weighted by atomic mass is 35.5. The standard InChI is InChI=1S/C13H22ClN3O2S/c1-4-17(5-2)9-10(3)16-20(18,19)13-8-11(15)6-7-12(13)14/h6-8,10,16H,4-5,9,15H2,1-3H3. The van der Waals surface area contributed by atoms with Gasteiger partial charge >= 0.3 is 0 Å². The SMILES string of the molecule is CCN(CC)CC(C)NS(=O)(=O)c1cc(N)ccc1Cl. The van der Waals surface area contributed by atoms with Gasteiger partial charge in [-0.2, -0.15) is 0 Å². The second-order valence-corrected chi connectivity index (χ2v) is 6.79. The van der Waals surface area contributed by atoms with Gasteiger partial charge < -0.3 is 10.6 Å². The summed E-state index contributed by atoms with van der Waals surface area (Å²) in [7, 11) is -3.66. The molecule has 20 heavy (non-hydrogen) atoms. The fourth-order valence-electron chi connectivity index (χ4n) is 1.96. The van der Waals surface area contributed by atoms with Gasteiger partial charge in [-0.25, -0.2) is 13.1 Å². The van der Waals surface area contributed by atoms with E-state index in [1.165, 1.54) is 12.1 Å². The van der Waals surface area contributed by atoms with Crippen molar-refractivity contribution < 1.29 is 8.42 Å². The van der Waals surface area contributed by atoms with Crippen LogP contribution in [0.4, 0.5) is 5.69 Å². The molecule has 5 nitrogen and oxygen atoms in total.